The first-order chi connectivity index (χ1) is 10.7. The van der Waals surface area contributed by atoms with Crippen molar-refractivity contribution in [1.82, 2.24) is 9.62 Å². The topological polar surface area (TPSA) is 139 Å². The van der Waals surface area contributed by atoms with E-state index >= 15 is 0 Å². The van der Waals surface area contributed by atoms with Crippen LogP contribution in [0.15, 0.2) is 23.1 Å². The van der Waals surface area contributed by atoms with Gasteiger partial charge >= 0.3 is 6.09 Å². The average Bonchev–Trinajstić information content (AvgIpc) is 2.94. The maximum Gasteiger partial charge on any atom is 0.407 e. The van der Waals surface area contributed by atoms with Crippen molar-refractivity contribution >= 4 is 21.8 Å². The summed E-state index contributed by atoms with van der Waals surface area (Å²) in [6, 6.07) is 2.65. The first-order valence-electron chi connectivity index (χ1n) is 6.57. The minimum Gasteiger partial charge on any atom is -0.495 e. The number of ether oxygens (including phenoxy) is 1. The van der Waals surface area contributed by atoms with Crippen molar-refractivity contribution in [1.29, 1.82) is 0 Å². The second-order valence-corrected chi connectivity index (χ2v) is 6.61. The standard InChI is InChI=1S/C12H15N3O7S/c1-22-10-3-2-9(15(18)19)6-11(10)23(20,21)13-8-4-5-14(7-8)12(16)17/h2-3,6,8,13H,4-5,7H2,1H3,(H,16,17)/t8-/m1/s1. The normalized spacial score (nSPS) is 18.0. The van der Waals surface area contributed by atoms with Gasteiger partial charge in [-0.1, -0.05) is 0 Å². The minimum atomic E-state index is -4.09. The monoisotopic (exact) mass is 345 g/mol. The van der Waals surface area contributed by atoms with Crippen molar-refractivity contribution in [2.24, 2.45) is 0 Å². The molecule has 1 aromatic carbocycles. The lowest BCUT2D eigenvalue weighted by Gasteiger charge is -2.15. The second-order valence-electron chi connectivity index (χ2n) is 4.93. The van der Waals surface area contributed by atoms with E-state index < -0.39 is 27.1 Å². The maximum atomic E-state index is 12.4. The van der Waals surface area contributed by atoms with Crippen molar-refractivity contribution in [3.05, 3.63) is 28.3 Å². The number of sulfonamides is 1. The third-order valence-electron chi connectivity index (χ3n) is 3.43. The molecule has 0 unspecified atom stereocenters. The van der Waals surface area contributed by atoms with Crippen LogP contribution in [0.25, 0.3) is 0 Å². The van der Waals surface area contributed by atoms with E-state index in [1.165, 1.54) is 13.2 Å². The first kappa shape index (κ1) is 17.0. The van der Waals surface area contributed by atoms with E-state index in [1.807, 2.05) is 0 Å². The van der Waals surface area contributed by atoms with Crippen molar-refractivity contribution in [3.63, 3.8) is 0 Å². The summed E-state index contributed by atoms with van der Waals surface area (Å²) in [5.74, 6) is -0.0313. The number of nitrogens with zero attached hydrogens (tertiary/aromatic N) is 2. The number of likely N-dealkylation sites (tertiary alicyclic amines) is 1. The molecule has 2 rings (SSSR count). The molecule has 1 atom stereocenters. The molecule has 1 aromatic rings. The molecule has 1 heterocycles. The zero-order valence-electron chi connectivity index (χ0n) is 12.1. The number of benzene rings is 1. The quantitative estimate of drug-likeness (QED) is 0.589. The minimum absolute atomic E-state index is 0.0196. The van der Waals surface area contributed by atoms with Crippen molar-refractivity contribution in [2.45, 2.75) is 17.4 Å². The van der Waals surface area contributed by atoms with E-state index in [2.05, 4.69) is 4.72 Å². The largest absolute Gasteiger partial charge is 0.495 e. The van der Waals surface area contributed by atoms with Gasteiger partial charge < -0.3 is 14.7 Å². The van der Waals surface area contributed by atoms with E-state index in [0.717, 1.165) is 17.0 Å². The highest BCUT2D eigenvalue weighted by atomic mass is 32.2. The molecule has 11 heteroatoms. The van der Waals surface area contributed by atoms with Gasteiger partial charge in [0.15, 0.2) is 0 Å². The lowest BCUT2D eigenvalue weighted by molar-refractivity contribution is -0.385. The molecule has 1 saturated heterocycles. The number of rotatable bonds is 5. The summed E-state index contributed by atoms with van der Waals surface area (Å²) >= 11 is 0. The van der Waals surface area contributed by atoms with Crippen LogP contribution in [0, 0.1) is 10.1 Å². The Balaban J connectivity index is 2.27. The van der Waals surface area contributed by atoms with E-state index in [0.29, 0.717) is 6.42 Å². The summed E-state index contributed by atoms with van der Waals surface area (Å²) in [6.07, 6.45) is -0.803. The summed E-state index contributed by atoms with van der Waals surface area (Å²) in [6.45, 7) is 0.237. The van der Waals surface area contributed by atoms with Gasteiger partial charge in [0.05, 0.1) is 12.0 Å². The highest BCUT2D eigenvalue weighted by molar-refractivity contribution is 7.89. The Bertz CT molecular complexity index is 734. The van der Waals surface area contributed by atoms with Gasteiger partial charge in [-0.05, 0) is 12.5 Å². The zero-order valence-corrected chi connectivity index (χ0v) is 12.9. The number of hydrogen-bond donors (Lipinski definition) is 2. The Morgan fingerprint density at radius 2 is 2.22 bits per heavy atom. The summed E-state index contributed by atoms with van der Waals surface area (Å²) in [4.78, 5) is 21.7. The third kappa shape index (κ3) is 3.68. The van der Waals surface area contributed by atoms with Crippen LogP contribution in [0.3, 0.4) is 0 Å². The van der Waals surface area contributed by atoms with Crippen molar-refractivity contribution in [2.75, 3.05) is 20.2 Å². The number of carbonyl (C=O) groups is 1. The van der Waals surface area contributed by atoms with Gasteiger partial charge in [0.2, 0.25) is 10.0 Å². The molecule has 0 bridgehead atoms. The Kier molecular flexibility index (Phi) is 4.71. The molecule has 126 valence electrons. The van der Waals surface area contributed by atoms with Crippen LogP contribution in [0.2, 0.25) is 0 Å². The second kappa shape index (κ2) is 6.38. The summed E-state index contributed by atoms with van der Waals surface area (Å²) in [7, 11) is -2.84. The number of carboxylic acid groups (broad SMARTS) is 1. The summed E-state index contributed by atoms with van der Waals surface area (Å²) < 4.78 is 32.2. The van der Waals surface area contributed by atoms with Gasteiger partial charge in [-0.15, -0.1) is 0 Å². The van der Waals surface area contributed by atoms with Crippen LogP contribution >= 0.6 is 0 Å². The van der Waals surface area contributed by atoms with Crippen LogP contribution in [0.4, 0.5) is 10.5 Å². The summed E-state index contributed by atoms with van der Waals surface area (Å²) in [5, 5.41) is 19.7. The Hall–Kier alpha value is -2.40. The fourth-order valence-corrected chi connectivity index (χ4v) is 3.75. The number of non-ortho nitro benzene ring substituents is 1. The number of hydrogen-bond acceptors (Lipinski definition) is 6. The number of amides is 1. The maximum absolute atomic E-state index is 12.4. The third-order valence-corrected chi connectivity index (χ3v) is 4.97. The molecule has 2 N–H and O–H groups in total. The van der Waals surface area contributed by atoms with E-state index in [-0.39, 0.29) is 29.4 Å². The molecule has 0 saturated carbocycles. The zero-order chi connectivity index (χ0) is 17.2. The van der Waals surface area contributed by atoms with Gasteiger partial charge in [-0.25, -0.2) is 17.9 Å². The molecule has 1 amide bonds. The van der Waals surface area contributed by atoms with Crippen LogP contribution in [0.5, 0.6) is 5.75 Å². The first-order valence-corrected chi connectivity index (χ1v) is 8.05. The molecule has 1 fully saturated rings. The molecule has 1 aliphatic heterocycles. The molecule has 0 aliphatic carbocycles. The molecule has 1 aliphatic rings. The predicted octanol–water partition coefficient (Wildman–Crippen LogP) is 0.634. The number of nitrogens with one attached hydrogen (secondary N) is 1. The average molecular weight is 345 g/mol. The molecule has 10 nitrogen and oxygen atoms in total. The SMILES string of the molecule is COc1ccc([N+](=O)[O-])cc1S(=O)(=O)N[C@@H]1CCN(C(=O)O)C1. The van der Waals surface area contributed by atoms with Crippen molar-refractivity contribution in [3.8, 4) is 5.75 Å². The Morgan fingerprint density at radius 3 is 2.74 bits per heavy atom. The summed E-state index contributed by atoms with van der Waals surface area (Å²) in [5.41, 5.74) is -0.384. The molecule has 0 aromatic heterocycles. The van der Waals surface area contributed by atoms with Crippen LogP contribution in [0.1, 0.15) is 6.42 Å². The van der Waals surface area contributed by atoms with Gasteiger partial charge in [-0.3, -0.25) is 10.1 Å². The number of nitro benzene ring substituents is 1. The molecular weight excluding hydrogens is 330 g/mol. The molecule has 23 heavy (non-hydrogen) atoms. The fraction of sp³-hybridized carbons (Fsp3) is 0.417. The highest BCUT2D eigenvalue weighted by Gasteiger charge is 2.31. The Labute approximate surface area is 131 Å². The van der Waals surface area contributed by atoms with Crippen LogP contribution < -0.4 is 9.46 Å². The van der Waals surface area contributed by atoms with Gasteiger partial charge in [-0.2, -0.15) is 0 Å². The van der Waals surface area contributed by atoms with E-state index in [1.54, 1.807) is 0 Å². The molecule has 0 radical (unpaired) electrons. The Morgan fingerprint density at radius 1 is 1.52 bits per heavy atom. The number of methoxy groups -OCH3 is 1. The van der Waals surface area contributed by atoms with Gasteiger partial charge in [0.25, 0.3) is 5.69 Å². The number of nitro groups is 1. The predicted molar refractivity (Wildman–Crippen MR) is 78.0 cm³/mol. The van der Waals surface area contributed by atoms with Crippen molar-refractivity contribution < 1.29 is 28.0 Å². The van der Waals surface area contributed by atoms with Crippen LogP contribution in [-0.4, -0.2) is 55.7 Å². The molecular formula is C12H15N3O7S. The molecule has 0 spiro atoms. The van der Waals surface area contributed by atoms with E-state index in [4.69, 9.17) is 9.84 Å². The van der Waals surface area contributed by atoms with Crippen LogP contribution in [-0.2, 0) is 10.0 Å². The fourth-order valence-electron chi connectivity index (χ4n) is 2.30. The lowest BCUT2D eigenvalue weighted by Crippen LogP contribution is -2.38. The smallest absolute Gasteiger partial charge is 0.407 e. The lowest BCUT2D eigenvalue weighted by atomic mass is 10.3. The van der Waals surface area contributed by atoms with E-state index in [9.17, 15) is 23.3 Å². The highest BCUT2D eigenvalue weighted by Crippen LogP contribution is 2.28. The van der Waals surface area contributed by atoms with Gasteiger partial charge in [0, 0.05) is 31.3 Å². The van der Waals surface area contributed by atoms with Gasteiger partial charge in [0.1, 0.15) is 10.6 Å².